The second kappa shape index (κ2) is 9.41. The summed E-state index contributed by atoms with van der Waals surface area (Å²) >= 11 is 0. The molecule has 1 aromatic rings. The summed E-state index contributed by atoms with van der Waals surface area (Å²) in [6.07, 6.45) is 2.75. The van der Waals surface area contributed by atoms with E-state index in [-0.39, 0.29) is 11.3 Å². The third-order valence-corrected chi connectivity index (χ3v) is 2.98. The zero-order chi connectivity index (χ0) is 15.7. The lowest BCUT2D eigenvalue weighted by atomic mass is 10.1. The van der Waals surface area contributed by atoms with Crippen LogP contribution in [-0.4, -0.2) is 18.1 Å². The Bertz CT molecular complexity index is 443. The molecule has 0 aromatic heterocycles. The van der Waals surface area contributed by atoms with Crippen LogP contribution in [0, 0.1) is 15.9 Å². The van der Waals surface area contributed by atoms with Crippen LogP contribution in [0.25, 0.3) is 0 Å². The number of benzene rings is 1. The number of rotatable bonds is 10. The van der Waals surface area contributed by atoms with E-state index >= 15 is 0 Å². The van der Waals surface area contributed by atoms with E-state index in [2.05, 4.69) is 0 Å². The molecule has 6 heteroatoms. The lowest BCUT2D eigenvalue weighted by Gasteiger charge is -2.19. The number of nitro groups is 1. The molecule has 0 radical (unpaired) electrons. The maximum Gasteiger partial charge on any atom is 0.280 e. The Hall–Kier alpha value is -1.53. The SMILES string of the molecule is CCCCOC(OCCCC)c1ccc(F)cc1[N+](=O)[O-]. The van der Waals surface area contributed by atoms with E-state index in [0.29, 0.717) is 13.2 Å². The normalized spacial score (nSPS) is 11.0. The molecule has 0 amide bonds. The minimum absolute atomic E-state index is 0.258. The fourth-order valence-corrected chi connectivity index (χ4v) is 1.77. The minimum atomic E-state index is -0.830. The molecule has 0 saturated heterocycles. The largest absolute Gasteiger partial charge is 0.348 e. The van der Waals surface area contributed by atoms with Gasteiger partial charge in [0.05, 0.1) is 29.8 Å². The standard InChI is InChI=1S/C15H22FNO4/c1-3-5-9-20-15(21-10-6-4-2)13-8-7-12(16)11-14(13)17(18)19/h7-8,11,15H,3-6,9-10H2,1-2H3. The number of halogens is 1. The van der Waals surface area contributed by atoms with Crippen molar-refractivity contribution in [3.05, 3.63) is 39.7 Å². The lowest BCUT2D eigenvalue weighted by molar-refractivity contribution is -0.387. The van der Waals surface area contributed by atoms with Gasteiger partial charge in [-0.1, -0.05) is 26.7 Å². The Morgan fingerprint density at radius 1 is 1.19 bits per heavy atom. The third kappa shape index (κ3) is 5.77. The van der Waals surface area contributed by atoms with Crippen molar-refractivity contribution < 1.29 is 18.8 Å². The molecule has 0 atom stereocenters. The molecule has 1 rings (SSSR count). The fourth-order valence-electron chi connectivity index (χ4n) is 1.77. The van der Waals surface area contributed by atoms with Crippen LogP contribution in [0.1, 0.15) is 51.4 Å². The average molecular weight is 299 g/mol. The van der Waals surface area contributed by atoms with Crippen molar-refractivity contribution in [1.29, 1.82) is 0 Å². The van der Waals surface area contributed by atoms with Crippen LogP contribution in [0.3, 0.4) is 0 Å². The summed E-state index contributed by atoms with van der Waals surface area (Å²) in [5.41, 5.74) is -0.0541. The van der Waals surface area contributed by atoms with Crippen molar-refractivity contribution in [2.75, 3.05) is 13.2 Å². The highest BCUT2D eigenvalue weighted by atomic mass is 19.1. The Morgan fingerprint density at radius 2 is 1.76 bits per heavy atom. The van der Waals surface area contributed by atoms with Gasteiger partial charge in [0.25, 0.3) is 5.69 Å². The van der Waals surface area contributed by atoms with Crippen LogP contribution in [0.5, 0.6) is 0 Å². The zero-order valence-electron chi connectivity index (χ0n) is 12.5. The molecule has 21 heavy (non-hydrogen) atoms. The van der Waals surface area contributed by atoms with Crippen molar-refractivity contribution >= 4 is 5.69 Å². The van der Waals surface area contributed by atoms with Crippen molar-refractivity contribution in [1.82, 2.24) is 0 Å². The first-order chi connectivity index (χ1) is 10.1. The van der Waals surface area contributed by atoms with Crippen LogP contribution >= 0.6 is 0 Å². The van der Waals surface area contributed by atoms with E-state index in [9.17, 15) is 14.5 Å². The summed E-state index contributed by atoms with van der Waals surface area (Å²) < 4.78 is 24.4. The quantitative estimate of drug-likeness (QED) is 0.278. The molecule has 0 heterocycles. The Kier molecular flexibility index (Phi) is 7.85. The van der Waals surface area contributed by atoms with Gasteiger partial charge in [0.15, 0.2) is 6.29 Å². The molecule has 0 unspecified atom stereocenters. The Balaban J connectivity index is 2.91. The van der Waals surface area contributed by atoms with Gasteiger partial charge in [-0.2, -0.15) is 0 Å². The fraction of sp³-hybridized carbons (Fsp3) is 0.600. The van der Waals surface area contributed by atoms with Gasteiger partial charge in [-0.3, -0.25) is 10.1 Å². The van der Waals surface area contributed by atoms with Gasteiger partial charge in [0, 0.05) is 0 Å². The van der Waals surface area contributed by atoms with Gasteiger partial charge in [-0.05, 0) is 25.0 Å². The maximum atomic E-state index is 13.2. The van der Waals surface area contributed by atoms with Gasteiger partial charge in [-0.25, -0.2) is 4.39 Å². The predicted octanol–water partition coefficient (Wildman–Crippen LogP) is 4.37. The lowest BCUT2D eigenvalue weighted by Crippen LogP contribution is -2.13. The average Bonchev–Trinajstić information content (AvgIpc) is 2.46. The molecule has 0 fully saturated rings. The zero-order valence-corrected chi connectivity index (χ0v) is 12.5. The second-order valence-electron chi connectivity index (χ2n) is 4.74. The molecule has 1 aromatic carbocycles. The number of unbranched alkanes of at least 4 members (excludes halogenated alkanes) is 2. The van der Waals surface area contributed by atoms with E-state index < -0.39 is 17.0 Å². The minimum Gasteiger partial charge on any atom is -0.348 e. The molecule has 0 aliphatic rings. The number of hydrogen-bond donors (Lipinski definition) is 0. The Morgan fingerprint density at radius 3 is 2.24 bits per heavy atom. The predicted molar refractivity (Wildman–Crippen MR) is 77.5 cm³/mol. The van der Waals surface area contributed by atoms with Crippen molar-refractivity contribution in [2.45, 2.75) is 45.8 Å². The smallest absolute Gasteiger partial charge is 0.280 e. The third-order valence-electron chi connectivity index (χ3n) is 2.98. The van der Waals surface area contributed by atoms with Crippen LogP contribution in [0.15, 0.2) is 18.2 Å². The van der Waals surface area contributed by atoms with Crippen molar-refractivity contribution in [3.8, 4) is 0 Å². The highest BCUT2D eigenvalue weighted by molar-refractivity contribution is 5.41. The summed E-state index contributed by atoms with van der Waals surface area (Å²) in [5, 5.41) is 11.1. The highest BCUT2D eigenvalue weighted by Gasteiger charge is 2.24. The molecule has 118 valence electrons. The van der Waals surface area contributed by atoms with E-state index in [1.165, 1.54) is 12.1 Å². The van der Waals surface area contributed by atoms with Crippen LogP contribution in [0.2, 0.25) is 0 Å². The number of nitro benzene ring substituents is 1. The van der Waals surface area contributed by atoms with E-state index in [1.54, 1.807) is 0 Å². The summed E-state index contributed by atoms with van der Waals surface area (Å²) in [6, 6.07) is 3.44. The first-order valence-electron chi connectivity index (χ1n) is 7.27. The van der Waals surface area contributed by atoms with Gasteiger partial charge in [-0.15, -0.1) is 0 Å². The molecule has 0 aliphatic carbocycles. The monoisotopic (exact) mass is 299 g/mol. The summed E-state index contributed by atoms with van der Waals surface area (Å²) in [6.45, 7) is 4.94. The van der Waals surface area contributed by atoms with Crippen LogP contribution < -0.4 is 0 Å². The molecule has 0 aliphatic heterocycles. The molecule has 0 spiro atoms. The molecule has 5 nitrogen and oxygen atoms in total. The van der Waals surface area contributed by atoms with Gasteiger partial charge < -0.3 is 9.47 Å². The topological polar surface area (TPSA) is 61.6 Å². The molecular weight excluding hydrogens is 277 g/mol. The summed E-state index contributed by atoms with van der Waals surface area (Å²) in [4.78, 5) is 10.5. The van der Waals surface area contributed by atoms with Crippen molar-refractivity contribution in [2.24, 2.45) is 0 Å². The van der Waals surface area contributed by atoms with Gasteiger partial charge in [0.2, 0.25) is 0 Å². The maximum absolute atomic E-state index is 13.2. The van der Waals surface area contributed by atoms with Crippen LogP contribution in [-0.2, 0) is 9.47 Å². The summed E-state index contributed by atoms with van der Waals surface area (Å²) in [5.74, 6) is -0.647. The molecule has 0 saturated carbocycles. The van der Waals surface area contributed by atoms with Crippen LogP contribution in [0.4, 0.5) is 10.1 Å². The molecular formula is C15H22FNO4. The first kappa shape index (κ1) is 17.5. The number of hydrogen-bond acceptors (Lipinski definition) is 4. The number of ether oxygens (including phenoxy) is 2. The van der Waals surface area contributed by atoms with Crippen molar-refractivity contribution in [3.63, 3.8) is 0 Å². The first-order valence-corrected chi connectivity index (χ1v) is 7.27. The van der Waals surface area contributed by atoms with Gasteiger partial charge in [0.1, 0.15) is 5.82 Å². The van der Waals surface area contributed by atoms with E-state index in [4.69, 9.17) is 9.47 Å². The van der Waals surface area contributed by atoms with Gasteiger partial charge >= 0.3 is 0 Å². The molecule has 0 bridgehead atoms. The Labute approximate surface area is 124 Å². The summed E-state index contributed by atoms with van der Waals surface area (Å²) in [7, 11) is 0. The molecule has 0 N–H and O–H groups in total. The van der Waals surface area contributed by atoms with E-state index in [1.807, 2.05) is 13.8 Å². The number of nitrogens with zero attached hydrogens (tertiary/aromatic N) is 1. The second-order valence-corrected chi connectivity index (χ2v) is 4.74. The van der Waals surface area contributed by atoms with E-state index in [0.717, 1.165) is 31.7 Å². The highest BCUT2D eigenvalue weighted by Crippen LogP contribution is 2.29.